The third kappa shape index (κ3) is 3.44. The summed E-state index contributed by atoms with van der Waals surface area (Å²) in [5, 5.41) is 9.05. The van der Waals surface area contributed by atoms with Gasteiger partial charge in [0.1, 0.15) is 11.6 Å². The number of aliphatic hydroxyl groups is 1. The molecule has 2 N–H and O–H groups in total. The van der Waals surface area contributed by atoms with Crippen molar-refractivity contribution in [3.8, 4) is 0 Å². The van der Waals surface area contributed by atoms with Crippen LogP contribution in [0.1, 0.15) is 17.3 Å². The highest BCUT2D eigenvalue weighted by Gasteiger charge is 2.09. The summed E-state index contributed by atoms with van der Waals surface area (Å²) in [4.78, 5) is 9.44. The van der Waals surface area contributed by atoms with E-state index in [0.29, 0.717) is 13.1 Å². The van der Waals surface area contributed by atoms with Gasteiger partial charge < -0.3 is 14.5 Å². The van der Waals surface area contributed by atoms with Gasteiger partial charge in [0, 0.05) is 25.0 Å². The van der Waals surface area contributed by atoms with Crippen molar-refractivity contribution in [2.45, 2.75) is 20.0 Å². The molecule has 2 rings (SSSR count). The molecule has 0 aromatic carbocycles. The van der Waals surface area contributed by atoms with Gasteiger partial charge in [0.05, 0.1) is 19.4 Å². The predicted molar refractivity (Wildman–Crippen MR) is 63.2 cm³/mol. The summed E-state index contributed by atoms with van der Waals surface area (Å²) < 4.78 is 5.30. The molecule has 0 fully saturated rings. The molecule has 17 heavy (non-hydrogen) atoms. The van der Waals surface area contributed by atoms with Gasteiger partial charge >= 0.3 is 0 Å². The zero-order valence-corrected chi connectivity index (χ0v) is 9.89. The van der Waals surface area contributed by atoms with E-state index in [-0.39, 0.29) is 6.61 Å². The first-order valence-corrected chi connectivity index (χ1v) is 5.64. The Bertz CT molecular complexity index is 436. The number of aromatic amines is 1. The first kappa shape index (κ1) is 11.9. The van der Waals surface area contributed by atoms with Crippen molar-refractivity contribution in [2.75, 3.05) is 13.2 Å². The van der Waals surface area contributed by atoms with Crippen LogP contribution in [0.4, 0.5) is 0 Å². The lowest BCUT2D eigenvalue weighted by atomic mass is 10.3. The molecule has 5 heteroatoms. The minimum Gasteiger partial charge on any atom is -0.468 e. The Kier molecular flexibility index (Phi) is 3.95. The minimum absolute atomic E-state index is 0.133. The summed E-state index contributed by atoms with van der Waals surface area (Å²) in [6, 6.07) is 3.80. The summed E-state index contributed by atoms with van der Waals surface area (Å²) in [7, 11) is 0. The minimum atomic E-state index is 0.133. The van der Waals surface area contributed by atoms with Gasteiger partial charge in [0.25, 0.3) is 0 Å². The van der Waals surface area contributed by atoms with Gasteiger partial charge in [-0.05, 0) is 19.1 Å². The first-order chi connectivity index (χ1) is 8.28. The Morgan fingerprint density at radius 1 is 1.47 bits per heavy atom. The van der Waals surface area contributed by atoms with Crippen molar-refractivity contribution in [1.82, 2.24) is 14.9 Å². The van der Waals surface area contributed by atoms with Crippen LogP contribution < -0.4 is 0 Å². The topological polar surface area (TPSA) is 65.3 Å². The number of nitrogens with one attached hydrogen (secondary N) is 1. The van der Waals surface area contributed by atoms with Crippen LogP contribution in [0.25, 0.3) is 0 Å². The molecular weight excluding hydrogens is 218 g/mol. The summed E-state index contributed by atoms with van der Waals surface area (Å²) >= 11 is 0. The molecule has 5 nitrogen and oxygen atoms in total. The van der Waals surface area contributed by atoms with Crippen LogP contribution in [0.5, 0.6) is 0 Å². The highest BCUT2D eigenvalue weighted by molar-refractivity contribution is 5.02. The van der Waals surface area contributed by atoms with Gasteiger partial charge in [-0.3, -0.25) is 4.90 Å². The van der Waals surface area contributed by atoms with Crippen molar-refractivity contribution < 1.29 is 9.52 Å². The standard InChI is InChI=1S/C12H17N3O2/c1-10-13-7-11(14-10)8-15(4-5-16)9-12-3-2-6-17-12/h2-3,6-7,16H,4-5,8-9H2,1H3,(H,13,14). The van der Waals surface area contributed by atoms with Crippen molar-refractivity contribution in [2.24, 2.45) is 0 Å². The van der Waals surface area contributed by atoms with Crippen LogP contribution in [0.3, 0.4) is 0 Å². The van der Waals surface area contributed by atoms with Crippen molar-refractivity contribution in [3.63, 3.8) is 0 Å². The van der Waals surface area contributed by atoms with E-state index in [1.54, 1.807) is 6.26 Å². The molecular formula is C12H17N3O2. The second-order valence-electron chi connectivity index (χ2n) is 4.01. The van der Waals surface area contributed by atoms with Gasteiger partial charge in [0.15, 0.2) is 0 Å². The third-order valence-corrected chi connectivity index (χ3v) is 2.53. The number of aryl methyl sites for hydroxylation is 1. The monoisotopic (exact) mass is 235 g/mol. The maximum Gasteiger partial charge on any atom is 0.117 e. The predicted octanol–water partition coefficient (Wildman–Crippen LogP) is 1.31. The highest BCUT2D eigenvalue weighted by atomic mass is 16.3. The van der Waals surface area contributed by atoms with E-state index in [0.717, 1.165) is 23.8 Å². The number of H-pyrrole nitrogens is 1. The fourth-order valence-electron chi connectivity index (χ4n) is 1.77. The van der Waals surface area contributed by atoms with Gasteiger partial charge in [-0.25, -0.2) is 4.98 Å². The smallest absolute Gasteiger partial charge is 0.117 e. The second-order valence-corrected chi connectivity index (χ2v) is 4.01. The fourth-order valence-corrected chi connectivity index (χ4v) is 1.77. The lowest BCUT2D eigenvalue weighted by Crippen LogP contribution is -2.26. The Labute approximate surface area is 100 Å². The van der Waals surface area contributed by atoms with E-state index in [4.69, 9.17) is 9.52 Å². The number of hydrogen-bond donors (Lipinski definition) is 2. The van der Waals surface area contributed by atoms with Crippen LogP contribution in [-0.4, -0.2) is 33.1 Å². The van der Waals surface area contributed by atoms with E-state index in [2.05, 4.69) is 14.9 Å². The number of nitrogens with zero attached hydrogens (tertiary/aromatic N) is 2. The number of rotatable bonds is 6. The maximum atomic E-state index is 9.05. The van der Waals surface area contributed by atoms with Crippen LogP contribution in [0.15, 0.2) is 29.0 Å². The molecule has 0 aliphatic rings. The molecule has 0 amide bonds. The van der Waals surface area contributed by atoms with E-state index in [9.17, 15) is 0 Å². The second kappa shape index (κ2) is 5.65. The van der Waals surface area contributed by atoms with Crippen LogP contribution in [-0.2, 0) is 13.1 Å². The highest BCUT2D eigenvalue weighted by Crippen LogP contribution is 2.08. The van der Waals surface area contributed by atoms with Gasteiger partial charge in [-0.15, -0.1) is 0 Å². The molecule has 2 aromatic rings. The van der Waals surface area contributed by atoms with Crippen LogP contribution in [0, 0.1) is 6.92 Å². The lowest BCUT2D eigenvalue weighted by Gasteiger charge is -2.18. The molecule has 0 unspecified atom stereocenters. The number of furan rings is 1. The maximum absolute atomic E-state index is 9.05. The summed E-state index contributed by atoms with van der Waals surface area (Å²) in [6.07, 6.45) is 3.48. The summed E-state index contributed by atoms with van der Waals surface area (Å²) in [5.41, 5.74) is 1.04. The molecule has 0 aliphatic carbocycles. The first-order valence-electron chi connectivity index (χ1n) is 5.64. The molecule has 0 atom stereocenters. The van der Waals surface area contributed by atoms with Gasteiger partial charge in [-0.1, -0.05) is 0 Å². The number of aliphatic hydroxyl groups excluding tert-OH is 1. The number of aromatic nitrogens is 2. The molecule has 0 saturated carbocycles. The zero-order valence-electron chi connectivity index (χ0n) is 9.89. The van der Waals surface area contributed by atoms with E-state index in [1.165, 1.54) is 0 Å². The third-order valence-electron chi connectivity index (χ3n) is 2.53. The molecule has 0 aliphatic heterocycles. The molecule has 2 aromatic heterocycles. The molecule has 0 bridgehead atoms. The SMILES string of the molecule is Cc1ncc(CN(CCO)Cc2ccco2)[nH]1. The lowest BCUT2D eigenvalue weighted by molar-refractivity contribution is 0.173. The Morgan fingerprint density at radius 3 is 2.94 bits per heavy atom. The fraction of sp³-hybridized carbons (Fsp3) is 0.417. The summed E-state index contributed by atoms with van der Waals surface area (Å²) in [5.74, 6) is 1.80. The van der Waals surface area contributed by atoms with Crippen molar-refractivity contribution >= 4 is 0 Å². The Morgan fingerprint density at radius 2 is 2.35 bits per heavy atom. The quantitative estimate of drug-likeness (QED) is 0.792. The molecule has 0 saturated heterocycles. The van der Waals surface area contributed by atoms with E-state index < -0.39 is 0 Å². The largest absolute Gasteiger partial charge is 0.468 e. The average Bonchev–Trinajstić information content (AvgIpc) is 2.91. The average molecular weight is 235 g/mol. The molecule has 0 spiro atoms. The van der Waals surface area contributed by atoms with Gasteiger partial charge in [-0.2, -0.15) is 0 Å². The van der Waals surface area contributed by atoms with Crippen molar-refractivity contribution in [3.05, 3.63) is 41.9 Å². The van der Waals surface area contributed by atoms with Gasteiger partial charge in [0.2, 0.25) is 0 Å². The van der Waals surface area contributed by atoms with E-state index >= 15 is 0 Å². The number of imidazole rings is 1. The molecule has 2 heterocycles. The van der Waals surface area contributed by atoms with E-state index in [1.807, 2.05) is 25.3 Å². The van der Waals surface area contributed by atoms with Crippen molar-refractivity contribution in [1.29, 1.82) is 0 Å². The summed E-state index contributed by atoms with van der Waals surface area (Å²) in [6.45, 7) is 4.08. The van der Waals surface area contributed by atoms with Crippen LogP contribution >= 0.6 is 0 Å². The number of hydrogen-bond acceptors (Lipinski definition) is 4. The molecule has 0 radical (unpaired) electrons. The molecule has 92 valence electrons. The normalized spacial score (nSPS) is 11.2. The Balaban J connectivity index is 1.97. The Hall–Kier alpha value is -1.59. The van der Waals surface area contributed by atoms with Crippen LogP contribution in [0.2, 0.25) is 0 Å². The zero-order chi connectivity index (χ0) is 12.1.